The fourth-order valence-electron chi connectivity index (χ4n) is 2.99. The van der Waals surface area contributed by atoms with Crippen molar-refractivity contribution in [2.75, 3.05) is 19.6 Å². The Bertz CT molecular complexity index is 515. The number of halogens is 2. The highest BCUT2D eigenvalue weighted by Crippen LogP contribution is 2.30. The van der Waals surface area contributed by atoms with E-state index in [1.54, 1.807) is 6.07 Å². The standard InChI is InChI=1S/C17H24Cl2N2O/c1-3-10-21(17(22)13-6-8-20-9-7-13)12(2)14-4-5-15(18)16(19)11-14/h4-5,11-13,20H,3,6-10H2,1-2H3. The number of amides is 1. The van der Waals surface area contributed by atoms with Gasteiger partial charge in [0.1, 0.15) is 0 Å². The number of piperidine rings is 1. The third kappa shape index (κ3) is 4.15. The largest absolute Gasteiger partial charge is 0.336 e. The highest BCUT2D eigenvalue weighted by molar-refractivity contribution is 6.42. The number of rotatable bonds is 5. The van der Waals surface area contributed by atoms with Crippen LogP contribution in [-0.2, 0) is 4.79 Å². The fraction of sp³-hybridized carbons (Fsp3) is 0.588. The summed E-state index contributed by atoms with van der Waals surface area (Å²) < 4.78 is 0. The van der Waals surface area contributed by atoms with E-state index in [9.17, 15) is 4.79 Å². The molecule has 0 radical (unpaired) electrons. The molecule has 0 bridgehead atoms. The Morgan fingerprint density at radius 2 is 2.00 bits per heavy atom. The van der Waals surface area contributed by atoms with Crippen LogP contribution in [0.4, 0.5) is 0 Å². The molecular weight excluding hydrogens is 319 g/mol. The maximum atomic E-state index is 12.9. The average Bonchev–Trinajstić information content (AvgIpc) is 2.55. The Kier molecular flexibility index (Phi) is 6.54. The number of carbonyl (C=O) groups excluding carboxylic acids is 1. The molecule has 0 aromatic heterocycles. The normalized spacial score (nSPS) is 17.3. The van der Waals surface area contributed by atoms with Crippen molar-refractivity contribution in [3.05, 3.63) is 33.8 Å². The number of hydrogen-bond donors (Lipinski definition) is 1. The summed E-state index contributed by atoms with van der Waals surface area (Å²) in [6, 6.07) is 5.64. The second-order valence-corrected chi connectivity index (χ2v) is 6.72. The van der Waals surface area contributed by atoms with Gasteiger partial charge in [0.2, 0.25) is 5.91 Å². The number of hydrogen-bond acceptors (Lipinski definition) is 2. The third-order valence-corrected chi connectivity index (χ3v) is 5.07. The van der Waals surface area contributed by atoms with Crippen LogP contribution < -0.4 is 5.32 Å². The Hall–Kier alpha value is -0.770. The van der Waals surface area contributed by atoms with Crippen molar-refractivity contribution >= 4 is 29.1 Å². The van der Waals surface area contributed by atoms with Crippen LogP contribution in [0.5, 0.6) is 0 Å². The van der Waals surface area contributed by atoms with E-state index < -0.39 is 0 Å². The van der Waals surface area contributed by atoms with Crippen molar-refractivity contribution < 1.29 is 4.79 Å². The smallest absolute Gasteiger partial charge is 0.226 e. The van der Waals surface area contributed by atoms with Gasteiger partial charge in [-0.1, -0.05) is 36.2 Å². The van der Waals surface area contributed by atoms with Crippen molar-refractivity contribution in [3.8, 4) is 0 Å². The van der Waals surface area contributed by atoms with Crippen LogP contribution in [0.15, 0.2) is 18.2 Å². The molecule has 1 aromatic rings. The molecule has 0 saturated carbocycles. The van der Waals surface area contributed by atoms with Gasteiger partial charge in [0.15, 0.2) is 0 Å². The zero-order valence-corrected chi connectivity index (χ0v) is 14.8. The molecule has 0 aliphatic carbocycles. The number of carbonyl (C=O) groups is 1. The molecule has 1 fully saturated rings. The average molecular weight is 343 g/mol. The maximum Gasteiger partial charge on any atom is 0.226 e. The summed E-state index contributed by atoms with van der Waals surface area (Å²) >= 11 is 12.1. The molecule has 0 spiro atoms. The zero-order chi connectivity index (χ0) is 16.1. The molecule has 1 aliphatic rings. The molecule has 1 unspecified atom stereocenters. The summed E-state index contributed by atoms with van der Waals surface area (Å²) in [6.07, 6.45) is 2.79. The highest BCUT2D eigenvalue weighted by atomic mass is 35.5. The Morgan fingerprint density at radius 3 is 2.59 bits per heavy atom. The van der Waals surface area contributed by atoms with E-state index in [2.05, 4.69) is 19.2 Å². The minimum atomic E-state index is 0.0112. The molecule has 3 nitrogen and oxygen atoms in total. The second kappa shape index (κ2) is 8.19. The molecule has 1 amide bonds. The lowest BCUT2D eigenvalue weighted by atomic mass is 9.95. The number of benzene rings is 1. The fourth-order valence-corrected chi connectivity index (χ4v) is 3.30. The summed E-state index contributed by atoms with van der Waals surface area (Å²) in [5, 5.41) is 4.40. The van der Waals surface area contributed by atoms with E-state index in [1.807, 2.05) is 17.0 Å². The molecule has 1 N–H and O–H groups in total. The van der Waals surface area contributed by atoms with Crippen molar-refractivity contribution in [2.45, 2.75) is 39.2 Å². The predicted octanol–water partition coefficient (Wildman–Crippen LogP) is 4.29. The lowest BCUT2D eigenvalue weighted by Crippen LogP contribution is -2.42. The minimum absolute atomic E-state index is 0.0112. The Morgan fingerprint density at radius 1 is 1.32 bits per heavy atom. The third-order valence-electron chi connectivity index (χ3n) is 4.33. The van der Waals surface area contributed by atoms with Gasteiger partial charge in [0, 0.05) is 12.5 Å². The Labute approximate surface area is 143 Å². The number of nitrogens with one attached hydrogen (secondary N) is 1. The van der Waals surface area contributed by atoms with Gasteiger partial charge in [-0.15, -0.1) is 0 Å². The van der Waals surface area contributed by atoms with Crippen LogP contribution in [0.2, 0.25) is 10.0 Å². The van der Waals surface area contributed by atoms with Gasteiger partial charge in [-0.2, -0.15) is 0 Å². The first-order chi connectivity index (χ1) is 10.5. The van der Waals surface area contributed by atoms with Crippen molar-refractivity contribution in [1.29, 1.82) is 0 Å². The summed E-state index contributed by atoms with van der Waals surface area (Å²) in [7, 11) is 0. The van der Waals surface area contributed by atoms with Crippen LogP contribution in [0, 0.1) is 5.92 Å². The van der Waals surface area contributed by atoms with E-state index in [-0.39, 0.29) is 17.9 Å². The lowest BCUT2D eigenvalue weighted by Gasteiger charge is -2.34. The van der Waals surface area contributed by atoms with Gasteiger partial charge < -0.3 is 10.2 Å². The SMILES string of the molecule is CCCN(C(=O)C1CCNCC1)C(C)c1ccc(Cl)c(Cl)c1. The predicted molar refractivity (Wildman–Crippen MR) is 92.5 cm³/mol. The topological polar surface area (TPSA) is 32.3 Å². The van der Waals surface area contributed by atoms with Gasteiger partial charge in [-0.3, -0.25) is 4.79 Å². The minimum Gasteiger partial charge on any atom is -0.336 e. The first-order valence-electron chi connectivity index (χ1n) is 8.00. The molecule has 22 heavy (non-hydrogen) atoms. The van der Waals surface area contributed by atoms with Crippen LogP contribution in [0.3, 0.4) is 0 Å². The molecule has 2 rings (SSSR count). The van der Waals surface area contributed by atoms with Crippen molar-refractivity contribution in [2.24, 2.45) is 5.92 Å². The van der Waals surface area contributed by atoms with Crippen LogP contribution in [0.25, 0.3) is 0 Å². The van der Waals surface area contributed by atoms with Crippen LogP contribution in [0.1, 0.15) is 44.7 Å². The molecule has 1 aliphatic heterocycles. The summed E-state index contributed by atoms with van der Waals surface area (Å²) in [5.74, 6) is 0.403. The van der Waals surface area contributed by atoms with Crippen molar-refractivity contribution in [3.63, 3.8) is 0 Å². The summed E-state index contributed by atoms with van der Waals surface area (Å²) in [6.45, 7) is 6.79. The molecule has 1 aromatic carbocycles. The monoisotopic (exact) mass is 342 g/mol. The molecule has 122 valence electrons. The maximum absolute atomic E-state index is 12.9. The van der Waals surface area contributed by atoms with Gasteiger partial charge >= 0.3 is 0 Å². The van der Waals surface area contributed by atoms with Gasteiger partial charge in [0.05, 0.1) is 16.1 Å². The van der Waals surface area contributed by atoms with Gasteiger partial charge in [-0.25, -0.2) is 0 Å². The lowest BCUT2D eigenvalue weighted by molar-refractivity contribution is -0.138. The Balaban J connectivity index is 2.17. The molecule has 1 heterocycles. The second-order valence-electron chi connectivity index (χ2n) is 5.91. The van der Waals surface area contributed by atoms with E-state index in [0.717, 1.165) is 44.5 Å². The zero-order valence-electron chi connectivity index (χ0n) is 13.2. The van der Waals surface area contributed by atoms with Crippen LogP contribution >= 0.6 is 23.2 Å². The highest BCUT2D eigenvalue weighted by Gasteiger charge is 2.29. The first-order valence-corrected chi connectivity index (χ1v) is 8.76. The number of nitrogens with zero attached hydrogens (tertiary/aromatic N) is 1. The van der Waals surface area contributed by atoms with E-state index in [0.29, 0.717) is 10.0 Å². The first kappa shape index (κ1) is 17.6. The summed E-state index contributed by atoms with van der Waals surface area (Å²) in [4.78, 5) is 14.9. The van der Waals surface area contributed by atoms with Crippen molar-refractivity contribution in [1.82, 2.24) is 10.2 Å². The van der Waals surface area contributed by atoms with E-state index in [1.165, 1.54) is 0 Å². The molecular formula is C17H24Cl2N2O. The quantitative estimate of drug-likeness (QED) is 0.865. The molecule has 5 heteroatoms. The van der Waals surface area contributed by atoms with E-state index >= 15 is 0 Å². The molecule has 1 atom stereocenters. The van der Waals surface area contributed by atoms with Gasteiger partial charge in [-0.05, 0) is 57.0 Å². The van der Waals surface area contributed by atoms with E-state index in [4.69, 9.17) is 23.2 Å². The molecule has 1 saturated heterocycles. The van der Waals surface area contributed by atoms with Gasteiger partial charge in [0.25, 0.3) is 0 Å². The van der Waals surface area contributed by atoms with Crippen LogP contribution in [-0.4, -0.2) is 30.4 Å². The summed E-state index contributed by atoms with van der Waals surface area (Å²) in [5.41, 5.74) is 1.03.